The smallest absolute Gasteiger partial charge is 0.277 e. The monoisotopic (exact) mass is 407 g/mol. The Morgan fingerprint density at radius 3 is 2.63 bits per heavy atom. The Morgan fingerprint density at radius 2 is 1.90 bits per heavy atom. The van der Waals surface area contributed by atoms with Gasteiger partial charge in [0.05, 0.1) is 5.56 Å². The van der Waals surface area contributed by atoms with Crippen molar-refractivity contribution in [2.75, 3.05) is 18.0 Å². The molecule has 1 amide bonds. The van der Waals surface area contributed by atoms with E-state index in [2.05, 4.69) is 56.9 Å². The molecule has 4 rings (SSSR count). The van der Waals surface area contributed by atoms with Crippen LogP contribution in [-0.4, -0.2) is 38.7 Å². The number of anilines is 1. The van der Waals surface area contributed by atoms with Crippen molar-refractivity contribution in [3.05, 3.63) is 54.0 Å². The quantitative estimate of drug-likeness (QED) is 0.354. The molecular weight excluding hydrogens is 378 g/mol. The highest BCUT2D eigenvalue weighted by atomic mass is 16.5. The van der Waals surface area contributed by atoms with Crippen molar-refractivity contribution in [2.24, 2.45) is 13.0 Å². The molecule has 0 aliphatic carbocycles. The Hall–Kier alpha value is -2.93. The molecule has 2 N–H and O–H groups in total. The number of amides is 1. The van der Waals surface area contributed by atoms with Gasteiger partial charge in [0.15, 0.2) is 0 Å². The second-order valence-electron chi connectivity index (χ2n) is 8.17. The molecule has 0 saturated carbocycles. The van der Waals surface area contributed by atoms with Crippen molar-refractivity contribution >= 4 is 22.8 Å². The maximum Gasteiger partial charge on any atom is 0.277 e. The third-order valence-corrected chi connectivity index (χ3v) is 6.19. The van der Waals surface area contributed by atoms with Gasteiger partial charge in [0.1, 0.15) is 0 Å². The SMILES string of the molecule is Cn1cc(CCCCC2CCN(c3ncc(C(=O)NO)cn3)CC2)c2ccccc21. The number of piperidine rings is 1. The van der Waals surface area contributed by atoms with E-state index in [1.165, 1.54) is 48.1 Å². The number of hydrogen-bond donors (Lipinski definition) is 2. The molecule has 30 heavy (non-hydrogen) atoms. The Balaban J connectivity index is 1.21. The van der Waals surface area contributed by atoms with Gasteiger partial charge in [-0.25, -0.2) is 15.4 Å². The summed E-state index contributed by atoms with van der Waals surface area (Å²) in [6.45, 7) is 1.89. The lowest BCUT2D eigenvalue weighted by atomic mass is 9.91. The number of para-hydroxylation sites is 1. The Bertz CT molecular complexity index is 991. The topological polar surface area (TPSA) is 83.3 Å². The number of rotatable bonds is 7. The highest BCUT2D eigenvalue weighted by Gasteiger charge is 2.21. The van der Waals surface area contributed by atoms with Gasteiger partial charge in [-0.3, -0.25) is 10.0 Å². The minimum absolute atomic E-state index is 0.252. The average molecular weight is 408 g/mol. The zero-order valence-electron chi connectivity index (χ0n) is 17.4. The van der Waals surface area contributed by atoms with Crippen LogP contribution in [0.15, 0.2) is 42.9 Å². The van der Waals surface area contributed by atoms with Gasteiger partial charge in [0.25, 0.3) is 5.91 Å². The number of aromatic nitrogens is 3. The van der Waals surface area contributed by atoms with Crippen molar-refractivity contribution in [1.82, 2.24) is 20.0 Å². The van der Waals surface area contributed by atoms with Crippen LogP contribution in [0, 0.1) is 5.92 Å². The van der Waals surface area contributed by atoms with E-state index in [0.717, 1.165) is 38.3 Å². The number of benzene rings is 1. The van der Waals surface area contributed by atoms with E-state index in [-0.39, 0.29) is 5.56 Å². The number of hydroxylamine groups is 1. The van der Waals surface area contributed by atoms with Gasteiger partial charge in [-0.2, -0.15) is 0 Å². The molecule has 3 aromatic rings. The molecule has 0 atom stereocenters. The second-order valence-corrected chi connectivity index (χ2v) is 8.17. The zero-order chi connectivity index (χ0) is 20.9. The summed E-state index contributed by atoms with van der Waals surface area (Å²) in [6, 6.07) is 8.64. The van der Waals surface area contributed by atoms with Crippen LogP contribution >= 0.6 is 0 Å². The first kappa shape index (κ1) is 20.3. The summed E-state index contributed by atoms with van der Waals surface area (Å²) >= 11 is 0. The van der Waals surface area contributed by atoms with Crippen molar-refractivity contribution in [1.29, 1.82) is 0 Å². The van der Waals surface area contributed by atoms with Crippen LogP contribution in [0.4, 0.5) is 5.95 Å². The number of carbonyl (C=O) groups excluding carboxylic acids is 1. The summed E-state index contributed by atoms with van der Waals surface area (Å²) in [5.41, 5.74) is 4.62. The maximum atomic E-state index is 11.4. The van der Waals surface area contributed by atoms with Crippen molar-refractivity contribution in [2.45, 2.75) is 38.5 Å². The number of hydrogen-bond acceptors (Lipinski definition) is 5. The fraction of sp³-hybridized carbons (Fsp3) is 0.435. The standard InChI is InChI=1S/C23H29N5O2/c1-27-16-18(20-8-4-5-9-21(20)27)7-3-2-6-17-10-12-28(13-11-17)23-24-14-19(15-25-23)22(29)26-30/h4-5,8-9,14-17,30H,2-3,6-7,10-13H2,1H3,(H,26,29). The van der Waals surface area contributed by atoms with E-state index in [9.17, 15) is 4.79 Å². The maximum absolute atomic E-state index is 11.4. The van der Waals surface area contributed by atoms with Crippen molar-refractivity contribution in [3.8, 4) is 0 Å². The molecule has 7 nitrogen and oxygen atoms in total. The van der Waals surface area contributed by atoms with Crippen molar-refractivity contribution in [3.63, 3.8) is 0 Å². The van der Waals surface area contributed by atoms with E-state index in [1.807, 2.05) is 0 Å². The van der Waals surface area contributed by atoms with Crippen LogP contribution in [-0.2, 0) is 13.5 Å². The summed E-state index contributed by atoms with van der Waals surface area (Å²) in [5, 5.41) is 10.1. The van der Waals surface area contributed by atoms with Crippen LogP contribution in [0.1, 0.15) is 48.0 Å². The molecule has 1 saturated heterocycles. The molecular formula is C23H29N5O2. The lowest BCUT2D eigenvalue weighted by Gasteiger charge is -2.32. The Kier molecular flexibility index (Phi) is 6.28. The second kappa shape index (κ2) is 9.26. The minimum Gasteiger partial charge on any atom is -0.350 e. The number of carbonyl (C=O) groups is 1. The summed E-state index contributed by atoms with van der Waals surface area (Å²) < 4.78 is 2.23. The average Bonchev–Trinajstić information content (AvgIpc) is 3.12. The van der Waals surface area contributed by atoms with Gasteiger partial charge >= 0.3 is 0 Å². The molecule has 158 valence electrons. The first-order valence-electron chi connectivity index (χ1n) is 10.7. The predicted molar refractivity (Wildman–Crippen MR) is 117 cm³/mol. The summed E-state index contributed by atoms with van der Waals surface area (Å²) in [7, 11) is 2.12. The number of aryl methyl sites for hydroxylation is 2. The number of nitrogens with zero attached hydrogens (tertiary/aromatic N) is 4. The first-order valence-corrected chi connectivity index (χ1v) is 10.7. The third kappa shape index (κ3) is 4.46. The van der Waals surface area contributed by atoms with Crippen LogP contribution in [0.2, 0.25) is 0 Å². The first-order chi connectivity index (χ1) is 14.7. The summed E-state index contributed by atoms with van der Waals surface area (Å²) in [6.07, 6.45) is 12.4. The third-order valence-electron chi connectivity index (χ3n) is 6.19. The lowest BCUT2D eigenvalue weighted by molar-refractivity contribution is 0.0705. The Morgan fingerprint density at radius 1 is 1.17 bits per heavy atom. The van der Waals surface area contributed by atoms with Gasteiger partial charge in [-0.05, 0) is 43.2 Å². The minimum atomic E-state index is -0.594. The normalized spacial score (nSPS) is 14.9. The molecule has 1 aliphatic rings. The van der Waals surface area contributed by atoms with Gasteiger partial charge in [0.2, 0.25) is 5.95 Å². The molecule has 0 bridgehead atoms. The number of nitrogens with one attached hydrogen (secondary N) is 1. The van der Waals surface area contributed by atoms with E-state index in [0.29, 0.717) is 5.95 Å². The lowest BCUT2D eigenvalue weighted by Crippen LogP contribution is -2.35. The molecule has 0 radical (unpaired) electrons. The van der Waals surface area contributed by atoms with Gasteiger partial charge < -0.3 is 9.47 Å². The largest absolute Gasteiger partial charge is 0.350 e. The zero-order valence-corrected chi connectivity index (χ0v) is 17.4. The molecule has 0 unspecified atom stereocenters. The summed E-state index contributed by atoms with van der Waals surface area (Å²) in [4.78, 5) is 22.1. The molecule has 2 aromatic heterocycles. The van der Waals surface area contributed by atoms with E-state index in [4.69, 9.17) is 5.21 Å². The van der Waals surface area contributed by atoms with Gasteiger partial charge in [-0.1, -0.05) is 31.0 Å². The molecule has 0 spiro atoms. The Labute approximate surface area is 176 Å². The molecule has 3 heterocycles. The summed E-state index contributed by atoms with van der Waals surface area (Å²) in [5.74, 6) is 0.816. The fourth-order valence-electron chi connectivity index (χ4n) is 4.46. The van der Waals surface area contributed by atoms with Crippen molar-refractivity contribution < 1.29 is 10.0 Å². The number of fused-ring (bicyclic) bond motifs is 1. The van der Waals surface area contributed by atoms with Crippen LogP contribution in [0.3, 0.4) is 0 Å². The molecule has 7 heteroatoms. The molecule has 1 fully saturated rings. The highest BCUT2D eigenvalue weighted by molar-refractivity contribution is 5.92. The van der Waals surface area contributed by atoms with Crippen LogP contribution < -0.4 is 10.4 Å². The van der Waals surface area contributed by atoms with E-state index in [1.54, 1.807) is 5.48 Å². The fourth-order valence-corrected chi connectivity index (χ4v) is 4.46. The number of unbranched alkanes of at least 4 members (excludes halogenated alkanes) is 1. The van der Waals surface area contributed by atoms with E-state index >= 15 is 0 Å². The molecule has 1 aromatic carbocycles. The van der Waals surface area contributed by atoms with Gasteiger partial charge in [0, 0.05) is 49.6 Å². The van der Waals surface area contributed by atoms with Gasteiger partial charge in [-0.15, -0.1) is 0 Å². The molecule has 1 aliphatic heterocycles. The predicted octanol–water partition coefficient (Wildman–Crippen LogP) is 3.72. The highest BCUT2D eigenvalue weighted by Crippen LogP contribution is 2.26. The van der Waals surface area contributed by atoms with Crippen LogP contribution in [0.25, 0.3) is 10.9 Å². The van der Waals surface area contributed by atoms with E-state index < -0.39 is 5.91 Å². The van der Waals surface area contributed by atoms with Crippen LogP contribution in [0.5, 0.6) is 0 Å².